The van der Waals surface area contributed by atoms with Crippen molar-refractivity contribution in [2.24, 2.45) is 11.1 Å². The number of fused-ring (bicyclic) bond motifs is 1. The maximum atomic E-state index is 13.3. The fourth-order valence-corrected chi connectivity index (χ4v) is 3.59. The van der Waals surface area contributed by atoms with Gasteiger partial charge in [0, 0.05) is 25.3 Å². The predicted molar refractivity (Wildman–Crippen MR) is 104 cm³/mol. The number of nitrogens with one attached hydrogen (secondary N) is 1. The molecule has 0 aromatic carbocycles. The number of aromatic nitrogens is 3. The first-order valence-electron chi connectivity index (χ1n) is 9.38. The molecule has 8 heteroatoms. The molecule has 1 amide bonds. The van der Waals surface area contributed by atoms with Crippen molar-refractivity contribution in [3.8, 4) is 0 Å². The minimum Gasteiger partial charge on any atom is -0.338 e. The van der Waals surface area contributed by atoms with Crippen LogP contribution < -0.4 is 17.0 Å². The van der Waals surface area contributed by atoms with E-state index in [9.17, 15) is 14.4 Å². The molecule has 3 heterocycles. The van der Waals surface area contributed by atoms with E-state index in [2.05, 4.69) is 16.9 Å². The van der Waals surface area contributed by atoms with Crippen molar-refractivity contribution in [2.45, 2.75) is 46.6 Å². The largest absolute Gasteiger partial charge is 0.338 e. The van der Waals surface area contributed by atoms with Gasteiger partial charge in [-0.3, -0.25) is 19.1 Å². The molecule has 1 aliphatic heterocycles. The van der Waals surface area contributed by atoms with Gasteiger partial charge in [0.25, 0.3) is 11.5 Å². The molecular weight excluding hydrogens is 346 g/mol. The SMILES string of the molecule is CCn1c(=O)[nH]c(=O)c2c(C(=O)N3CCC(C)(CN)C3)cc(C(C)C)nc21. The van der Waals surface area contributed by atoms with E-state index in [1.54, 1.807) is 17.9 Å². The highest BCUT2D eigenvalue weighted by molar-refractivity contribution is 6.05. The van der Waals surface area contributed by atoms with E-state index in [0.717, 1.165) is 6.42 Å². The van der Waals surface area contributed by atoms with E-state index >= 15 is 0 Å². The number of hydrogen-bond donors (Lipinski definition) is 2. The van der Waals surface area contributed by atoms with Crippen LogP contribution in [0.5, 0.6) is 0 Å². The highest BCUT2D eigenvalue weighted by Gasteiger charge is 2.36. The minimum atomic E-state index is -0.577. The summed E-state index contributed by atoms with van der Waals surface area (Å²) in [7, 11) is 0. The van der Waals surface area contributed by atoms with Crippen molar-refractivity contribution in [3.63, 3.8) is 0 Å². The number of carbonyl (C=O) groups is 1. The van der Waals surface area contributed by atoms with E-state index in [4.69, 9.17) is 5.73 Å². The standard InChI is InChI=1S/C19H27N5O3/c1-5-24-15-14(16(25)22-18(24)27)12(8-13(21-15)11(2)3)17(26)23-7-6-19(4,9-20)10-23/h8,11H,5-7,9-10,20H2,1-4H3,(H,22,25,27). The van der Waals surface area contributed by atoms with Crippen LogP contribution in [0.4, 0.5) is 0 Å². The molecule has 27 heavy (non-hydrogen) atoms. The summed E-state index contributed by atoms with van der Waals surface area (Å²) in [6, 6.07) is 1.69. The second-order valence-electron chi connectivity index (χ2n) is 7.94. The summed E-state index contributed by atoms with van der Waals surface area (Å²) in [5.74, 6) is -0.165. The third-order valence-electron chi connectivity index (χ3n) is 5.44. The number of H-pyrrole nitrogens is 1. The summed E-state index contributed by atoms with van der Waals surface area (Å²) in [6.07, 6.45) is 0.825. The Bertz CT molecular complexity index is 1010. The lowest BCUT2D eigenvalue weighted by Gasteiger charge is -2.23. The fraction of sp³-hybridized carbons (Fsp3) is 0.579. The Balaban J connectivity index is 2.24. The lowest BCUT2D eigenvalue weighted by molar-refractivity contribution is 0.0778. The number of nitrogens with zero attached hydrogens (tertiary/aromatic N) is 3. The van der Waals surface area contributed by atoms with Crippen molar-refractivity contribution in [2.75, 3.05) is 19.6 Å². The molecule has 0 spiro atoms. The van der Waals surface area contributed by atoms with Gasteiger partial charge < -0.3 is 10.6 Å². The smallest absolute Gasteiger partial charge is 0.329 e. The number of hydrogen-bond acceptors (Lipinski definition) is 5. The lowest BCUT2D eigenvalue weighted by atomic mass is 9.90. The van der Waals surface area contributed by atoms with E-state index in [-0.39, 0.29) is 28.3 Å². The highest BCUT2D eigenvalue weighted by Crippen LogP contribution is 2.30. The Morgan fingerprint density at radius 1 is 1.41 bits per heavy atom. The van der Waals surface area contributed by atoms with Crippen LogP contribution in [0.15, 0.2) is 15.7 Å². The van der Waals surface area contributed by atoms with Gasteiger partial charge in [-0.05, 0) is 37.3 Å². The second-order valence-corrected chi connectivity index (χ2v) is 7.94. The van der Waals surface area contributed by atoms with Gasteiger partial charge >= 0.3 is 5.69 Å². The van der Waals surface area contributed by atoms with E-state index in [1.165, 1.54) is 4.57 Å². The molecular formula is C19H27N5O3. The zero-order valence-corrected chi connectivity index (χ0v) is 16.3. The summed E-state index contributed by atoms with van der Waals surface area (Å²) in [5.41, 5.74) is 5.90. The van der Waals surface area contributed by atoms with Gasteiger partial charge in [-0.2, -0.15) is 0 Å². The molecule has 1 aliphatic rings. The molecule has 3 N–H and O–H groups in total. The highest BCUT2D eigenvalue weighted by atomic mass is 16.2. The first-order chi connectivity index (χ1) is 12.7. The zero-order valence-electron chi connectivity index (χ0n) is 16.3. The number of pyridine rings is 1. The first-order valence-corrected chi connectivity index (χ1v) is 9.38. The summed E-state index contributed by atoms with van der Waals surface area (Å²) < 4.78 is 1.40. The van der Waals surface area contributed by atoms with Crippen LogP contribution in [0.1, 0.15) is 56.1 Å². The Labute approximate surface area is 157 Å². The summed E-state index contributed by atoms with van der Waals surface area (Å²) in [5, 5.41) is 0.173. The van der Waals surface area contributed by atoms with Gasteiger partial charge in [-0.1, -0.05) is 20.8 Å². The second kappa shape index (κ2) is 6.92. The maximum absolute atomic E-state index is 13.3. The number of rotatable bonds is 4. The quantitative estimate of drug-likeness (QED) is 0.831. The average molecular weight is 373 g/mol. The molecule has 8 nitrogen and oxygen atoms in total. The van der Waals surface area contributed by atoms with Gasteiger partial charge in [0.2, 0.25) is 0 Å². The predicted octanol–water partition coefficient (Wildman–Crippen LogP) is 1.04. The van der Waals surface area contributed by atoms with Crippen LogP contribution >= 0.6 is 0 Å². The monoisotopic (exact) mass is 373 g/mol. The molecule has 0 aliphatic carbocycles. The van der Waals surface area contributed by atoms with Crippen molar-refractivity contribution in [1.29, 1.82) is 0 Å². The van der Waals surface area contributed by atoms with Crippen molar-refractivity contribution < 1.29 is 4.79 Å². The molecule has 1 fully saturated rings. The topological polar surface area (TPSA) is 114 Å². The Hall–Kier alpha value is -2.48. The lowest BCUT2D eigenvalue weighted by Crippen LogP contribution is -2.36. The average Bonchev–Trinajstić information content (AvgIpc) is 3.03. The van der Waals surface area contributed by atoms with Gasteiger partial charge in [0.05, 0.1) is 10.9 Å². The molecule has 0 radical (unpaired) electrons. The molecule has 2 aromatic rings. The molecule has 146 valence electrons. The number of nitrogens with two attached hydrogens (primary N) is 1. The number of aryl methyl sites for hydroxylation is 1. The van der Waals surface area contributed by atoms with Gasteiger partial charge in [0.15, 0.2) is 5.65 Å². The number of carbonyl (C=O) groups excluding carboxylic acids is 1. The zero-order chi connectivity index (χ0) is 19.9. The molecule has 0 bridgehead atoms. The number of aromatic amines is 1. The van der Waals surface area contributed by atoms with Crippen LogP contribution in [0.2, 0.25) is 0 Å². The summed E-state index contributed by atoms with van der Waals surface area (Å²) >= 11 is 0. The third-order valence-corrected chi connectivity index (χ3v) is 5.44. The van der Waals surface area contributed by atoms with E-state index in [1.807, 2.05) is 13.8 Å². The number of amides is 1. The van der Waals surface area contributed by atoms with Crippen molar-refractivity contribution in [1.82, 2.24) is 19.4 Å². The Kier molecular flexibility index (Phi) is 4.94. The van der Waals surface area contributed by atoms with E-state index < -0.39 is 11.2 Å². The fourth-order valence-electron chi connectivity index (χ4n) is 3.59. The summed E-state index contributed by atoms with van der Waals surface area (Å²) in [6.45, 7) is 9.79. The molecule has 3 rings (SSSR count). The molecule has 0 saturated carbocycles. The van der Waals surface area contributed by atoms with Crippen molar-refractivity contribution >= 4 is 16.9 Å². The van der Waals surface area contributed by atoms with Gasteiger partial charge in [-0.15, -0.1) is 0 Å². The van der Waals surface area contributed by atoms with Gasteiger partial charge in [0.1, 0.15) is 0 Å². The molecule has 1 atom stereocenters. The van der Waals surface area contributed by atoms with Crippen LogP contribution in [0.3, 0.4) is 0 Å². The Morgan fingerprint density at radius 3 is 2.67 bits per heavy atom. The normalized spacial score (nSPS) is 20.0. The summed E-state index contributed by atoms with van der Waals surface area (Å²) in [4.78, 5) is 46.6. The van der Waals surface area contributed by atoms with Crippen LogP contribution in [-0.4, -0.2) is 45.0 Å². The Morgan fingerprint density at radius 2 is 2.11 bits per heavy atom. The van der Waals surface area contributed by atoms with Gasteiger partial charge in [-0.25, -0.2) is 9.78 Å². The van der Waals surface area contributed by atoms with Crippen molar-refractivity contribution in [3.05, 3.63) is 38.2 Å². The molecule has 1 unspecified atom stereocenters. The molecule has 1 saturated heterocycles. The maximum Gasteiger partial charge on any atom is 0.329 e. The van der Waals surface area contributed by atoms with E-state index in [0.29, 0.717) is 37.4 Å². The third kappa shape index (κ3) is 3.29. The van der Waals surface area contributed by atoms with Crippen LogP contribution in [0.25, 0.3) is 11.0 Å². The van der Waals surface area contributed by atoms with Crippen LogP contribution in [0, 0.1) is 5.41 Å². The van der Waals surface area contributed by atoms with Crippen LogP contribution in [-0.2, 0) is 6.54 Å². The number of likely N-dealkylation sites (tertiary alicyclic amines) is 1. The molecule has 2 aromatic heterocycles. The first kappa shape index (κ1) is 19.3. The minimum absolute atomic E-state index is 0.0496.